The summed E-state index contributed by atoms with van der Waals surface area (Å²) in [5.41, 5.74) is 0.228. The molecule has 19 heavy (non-hydrogen) atoms. The standard InChI is InChI=1S/C14H22N2O3/c1-15-11-8-13(16(9-11)10-12(15)17)2-4-14(5-3-13)18-6-7-19-14/h11H,2-10H2,1H3. The van der Waals surface area contributed by atoms with Crippen molar-refractivity contribution in [2.75, 3.05) is 33.4 Å². The molecule has 4 fully saturated rings. The highest BCUT2D eigenvalue weighted by atomic mass is 16.7. The Morgan fingerprint density at radius 3 is 2.53 bits per heavy atom. The van der Waals surface area contributed by atoms with E-state index < -0.39 is 0 Å². The van der Waals surface area contributed by atoms with E-state index in [4.69, 9.17) is 9.47 Å². The van der Waals surface area contributed by atoms with Crippen molar-refractivity contribution in [1.29, 1.82) is 0 Å². The van der Waals surface area contributed by atoms with Gasteiger partial charge in [0.05, 0.1) is 19.8 Å². The van der Waals surface area contributed by atoms with E-state index in [1.807, 2.05) is 11.9 Å². The molecule has 2 bridgehead atoms. The SMILES string of the molecule is CN1C(=O)CN2CC1CC21CCC2(CC1)OCCO2. The van der Waals surface area contributed by atoms with Crippen LogP contribution in [0, 0.1) is 0 Å². The maximum Gasteiger partial charge on any atom is 0.236 e. The van der Waals surface area contributed by atoms with E-state index in [0.29, 0.717) is 12.6 Å². The number of ether oxygens (including phenoxy) is 2. The first-order chi connectivity index (χ1) is 9.13. The molecule has 4 rings (SSSR count). The second-order valence-electron chi connectivity index (χ2n) is 6.58. The zero-order chi connectivity index (χ0) is 13.1. The first-order valence-corrected chi connectivity index (χ1v) is 7.41. The minimum Gasteiger partial charge on any atom is -0.348 e. The van der Waals surface area contributed by atoms with Gasteiger partial charge in [0, 0.05) is 38.0 Å². The molecule has 0 aromatic heterocycles. The minimum atomic E-state index is -0.293. The van der Waals surface area contributed by atoms with Gasteiger partial charge in [-0.3, -0.25) is 9.69 Å². The normalized spacial score (nSPS) is 39.4. The van der Waals surface area contributed by atoms with Crippen LogP contribution >= 0.6 is 0 Å². The highest BCUT2D eigenvalue weighted by Crippen LogP contribution is 2.49. The van der Waals surface area contributed by atoms with E-state index in [0.717, 1.165) is 51.9 Å². The van der Waals surface area contributed by atoms with Gasteiger partial charge in [0.25, 0.3) is 0 Å². The van der Waals surface area contributed by atoms with Crippen LogP contribution in [0.5, 0.6) is 0 Å². The van der Waals surface area contributed by atoms with Crippen molar-refractivity contribution in [3.8, 4) is 0 Å². The number of piperazine rings is 1. The maximum absolute atomic E-state index is 12.0. The van der Waals surface area contributed by atoms with Gasteiger partial charge in [-0.2, -0.15) is 0 Å². The molecule has 0 aromatic carbocycles. The first-order valence-electron chi connectivity index (χ1n) is 7.41. The van der Waals surface area contributed by atoms with Crippen molar-refractivity contribution in [3.63, 3.8) is 0 Å². The Labute approximate surface area is 113 Å². The molecule has 3 saturated heterocycles. The average molecular weight is 266 g/mol. The summed E-state index contributed by atoms with van der Waals surface area (Å²) in [4.78, 5) is 16.4. The lowest BCUT2D eigenvalue weighted by Crippen LogP contribution is -2.54. The minimum absolute atomic E-state index is 0.228. The summed E-state index contributed by atoms with van der Waals surface area (Å²) in [5.74, 6) is -0.0133. The van der Waals surface area contributed by atoms with Crippen LogP contribution in [0.2, 0.25) is 0 Å². The summed E-state index contributed by atoms with van der Waals surface area (Å²) in [6, 6.07) is 0.417. The second kappa shape index (κ2) is 3.93. The summed E-state index contributed by atoms with van der Waals surface area (Å²) in [6.07, 6.45) is 5.29. The van der Waals surface area contributed by atoms with Gasteiger partial charge in [-0.25, -0.2) is 0 Å². The van der Waals surface area contributed by atoms with Crippen LogP contribution in [-0.4, -0.2) is 66.4 Å². The van der Waals surface area contributed by atoms with E-state index >= 15 is 0 Å². The Bertz CT molecular complexity index is 395. The summed E-state index contributed by atoms with van der Waals surface area (Å²) in [7, 11) is 1.96. The molecule has 5 nitrogen and oxygen atoms in total. The first kappa shape index (κ1) is 12.1. The van der Waals surface area contributed by atoms with Gasteiger partial charge in [0.1, 0.15) is 0 Å². The highest BCUT2D eigenvalue weighted by molar-refractivity contribution is 5.79. The number of fused-ring (bicyclic) bond motifs is 3. The number of amides is 1. The third-order valence-electron chi connectivity index (χ3n) is 5.74. The molecule has 0 radical (unpaired) electrons. The summed E-state index contributed by atoms with van der Waals surface area (Å²) in [5, 5.41) is 0. The maximum atomic E-state index is 12.0. The number of hydrogen-bond donors (Lipinski definition) is 0. The van der Waals surface area contributed by atoms with Gasteiger partial charge in [0.2, 0.25) is 5.91 Å². The van der Waals surface area contributed by atoms with E-state index in [2.05, 4.69) is 4.90 Å². The van der Waals surface area contributed by atoms with Crippen molar-refractivity contribution in [1.82, 2.24) is 9.80 Å². The molecule has 2 spiro atoms. The van der Waals surface area contributed by atoms with Crippen LogP contribution in [0.4, 0.5) is 0 Å². The molecule has 1 saturated carbocycles. The molecular weight excluding hydrogens is 244 g/mol. The Hall–Kier alpha value is -0.650. The van der Waals surface area contributed by atoms with Gasteiger partial charge >= 0.3 is 0 Å². The van der Waals surface area contributed by atoms with Gasteiger partial charge in [-0.15, -0.1) is 0 Å². The number of likely N-dealkylation sites (N-methyl/N-ethyl adjacent to an activating group) is 1. The Morgan fingerprint density at radius 2 is 1.84 bits per heavy atom. The van der Waals surface area contributed by atoms with Crippen LogP contribution < -0.4 is 0 Å². The lowest BCUT2D eigenvalue weighted by molar-refractivity contribution is -0.192. The fourth-order valence-electron chi connectivity index (χ4n) is 4.45. The lowest BCUT2D eigenvalue weighted by atomic mass is 9.76. The molecule has 2 unspecified atom stereocenters. The van der Waals surface area contributed by atoms with Crippen molar-refractivity contribution in [2.24, 2.45) is 0 Å². The van der Waals surface area contributed by atoms with Crippen LogP contribution in [0.3, 0.4) is 0 Å². The lowest BCUT2D eigenvalue weighted by Gasteiger charge is -2.46. The van der Waals surface area contributed by atoms with Gasteiger partial charge in [0.15, 0.2) is 5.79 Å². The topological polar surface area (TPSA) is 42.0 Å². The van der Waals surface area contributed by atoms with Crippen molar-refractivity contribution >= 4 is 5.91 Å². The number of nitrogens with zero attached hydrogens (tertiary/aromatic N) is 2. The van der Waals surface area contributed by atoms with Gasteiger partial charge in [-0.05, 0) is 19.3 Å². The smallest absolute Gasteiger partial charge is 0.236 e. The van der Waals surface area contributed by atoms with Crippen molar-refractivity contribution in [2.45, 2.75) is 49.5 Å². The molecule has 0 aromatic rings. The second-order valence-corrected chi connectivity index (χ2v) is 6.58. The number of hydrogen-bond acceptors (Lipinski definition) is 4. The largest absolute Gasteiger partial charge is 0.348 e. The van der Waals surface area contributed by atoms with Crippen LogP contribution in [0.25, 0.3) is 0 Å². The molecule has 2 atom stereocenters. The molecule has 3 heterocycles. The molecule has 5 heteroatoms. The fraction of sp³-hybridized carbons (Fsp3) is 0.929. The predicted octanol–water partition coefficient (Wildman–Crippen LogP) is 0.589. The molecule has 106 valence electrons. The van der Waals surface area contributed by atoms with Crippen molar-refractivity contribution in [3.05, 3.63) is 0 Å². The molecular formula is C14H22N2O3. The van der Waals surface area contributed by atoms with E-state index in [-0.39, 0.29) is 17.2 Å². The number of carbonyl (C=O) groups is 1. The van der Waals surface area contributed by atoms with Gasteiger partial charge < -0.3 is 14.4 Å². The summed E-state index contributed by atoms with van der Waals surface area (Å²) >= 11 is 0. The predicted molar refractivity (Wildman–Crippen MR) is 68.6 cm³/mol. The molecule has 1 aliphatic carbocycles. The molecule has 4 aliphatic rings. The average Bonchev–Trinajstić information content (AvgIpc) is 2.97. The third kappa shape index (κ3) is 1.68. The van der Waals surface area contributed by atoms with E-state index in [1.165, 1.54) is 0 Å². The van der Waals surface area contributed by atoms with Gasteiger partial charge in [-0.1, -0.05) is 0 Å². The number of carbonyl (C=O) groups excluding carboxylic acids is 1. The van der Waals surface area contributed by atoms with E-state index in [9.17, 15) is 4.79 Å². The van der Waals surface area contributed by atoms with Crippen molar-refractivity contribution < 1.29 is 14.3 Å². The fourth-order valence-corrected chi connectivity index (χ4v) is 4.45. The van der Waals surface area contributed by atoms with E-state index in [1.54, 1.807) is 0 Å². The molecule has 3 aliphatic heterocycles. The third-order valence-corrected chi connectivity index (χ3v) is 5.74. The Morgan fingerprint density at radius 1 is 1.16 bits per heavy atom. The molecule has 1 amide bonds. The van der Waals surface area contributed by atoms with Crippen LogP contribution in [0.15, 0.2) is 0 Å². The van der Waals surface area contributed by atoms with Crippen LogP contribution in [0.1, 0.15) is 32.1 Å². The monoisotopic (exact) mass is 266 g/mol. The Kier molecular flexibility index (Phi) is 2.51. The summed E-state index contributed by atoms with van der Waals surface area (Å²) in [6.45, 7) is 3.12. The number of rotatable bonds is 0. The zero-order valence-electron chi connectivity index (χ0n) is 11.6. The van der Waals surface area contributed by atoms with Crippen LogP contribution in [-0.2, 0) is 14.3 Å². The zero-order valence-corrected chi connectivity index (χ0v) is 11.6. The molecule has 0 N–H and O–H groups in total. The quantitative estimate of drug-likeness (QED) is 0.643. The Balaban J connectivity index is 1.52. The highest BCUT2D eigenvalue weighted by Gasteiger charge is 2.55. The summed E-state index contributed by atoms with van der Waals surface area (Å²) < 4.78 is 11.6.